The number of hydrogen-bond donors (Lipinski definition) is 1. The van der Waals surface area contributed by atoms with Crippen molar-refractivity contribution in [2.45, 2.75) is 43.2 Å². The van der Waals surface area contributed by atoms with Crippen LogP contribution in [0, 0.1) is 0 Å². The molecule has 1 aliphatic rings. The van der Waals surface area contributed by atoms with Crippen molar-refractivity contribution >= 4 is 11.8 Å². The first-order valence-corrected chi connectivity index (χ1v) is 6.33. The molecule has 17 heavy (non-hydrogen) atoms. The summed E-state index contributed by atoms with van der Waals surface area (Å²) in [4.78, 5) is 0. The van der Waals surface area contributed by atoms with Gasteiger partial charge in [-0.05, 0) is 12.8 Å². The number of rotatable bonds is 5. The highest BCUT2D eigenvalue weighted by molar-refractivity contribution is 7.99. The third-order valence-electron chi connectivity index (χ3n) is 2.45. The van der Waals surface area contributed by atoms with E-state index in [2.05, 4.69) is 10.2 Å². The average molecular weight is 266 g/mol. The number of alkyl halides is 3. The Kier molecular flexibility index (Phi) is 3.62. The smallest absolute Gasteiger partial charge is 0.324 e. The molecule has 1 aromatic rings. The standard InChI is InChI=1S/C9H13F3N4S/c10-9(11,12)3-4-17-8-15-14-7(5-13)16(8)6-1-2-6/h6H,1-5,13H2. The van der Waals surface area contributed by atoms with Crippen molar-refractivity contribution in [1.82, 2.24) is 14.8 Å². The monoisotopic (exact) mass is 266 g/mol. The van der Waals surface area contributed by atoms with Gasteiger partial charge in [0.25, 0.3) is 0 Å². The Morgan fingerprint density at radius 1 is 1.35 bits per heavy atom. The molecular formula is C9H13F3N4S. The van der Waals surface area contributed by atoms with E-state index in [1.165, 1.54) is 0 Å². The molecule has 1 aromatic heterocycles. The number of nitrogens with zero attached hydrogens (tertiary/aromatic N) is 3. The maximum absolute atomic E-state index is 12.0. The predicted octanol–water partition coefficient (Wildman–Crippen LogP) is 2.12. The number of nitrogens with two attached hydrogens (primary N) is 1. The van der Waals surface area contributed by atoms with Crippen LogP contribution in [0.3, 0.4) is 0 Å². The fourth-order valence-corrected chi connectivity index (χ4v) is 2.51. The van der Waals surface area contributed by atoms with Gasteiger partial charge in [0, 0.05) is 11.8 Å². The summed E-state index contributed by atoms with van der Waals surface area (Å²) in [6, 6.07) is 0.330. The molecule has 8 heteroatoms. The number of halogens is 3. The topological polar surface area (TPSA) is 56.7 Å². The van der Waals surface area contributed by atoms with E-state index in [1.54, 1.807) is 0 Å². The van der Waals surface area contributed by atoms with Gasteiger partial charge in [-0.1, -0.05) is 11.8 Å². The average Bonchev–Trinajstić information content (AvgIpc) is 2.99. The van der Waals surface area contributed by atoms with Gasteiger partial charge >= 0.3 is 6.18 Å². The summed E-state index contributed by atoms with van der Waals surface area (Å²) in [6.45, 7) is 0.267. The summed E-state index contributed by atoms with van der Waals surface area (Å²) in [7, 11) is 0. The molecule has 0 radical (unpaired) electrons. The van der Waals surface area contributed by atoms with Crippen LogP contribution >= 0.6 is 11.8 Å². The minimum absolute atomic E-state index is 0.0288. The van der Waals surface area contributed by atoms with Gasteiger partial charge in [0.05, 0.1) is 13.0 Å². The van der Waals surface area contributed by atoms with Crippen molar-refractivity contribution in [3.63, 3.8) is 0 Å². The first-order valence-electron chi connectivity index (χ1n) is 5.34. The molecular weight excluding hydrogens is 253 g/mol. The Balaban J connectivity index is 1.98. The molecule has 4 nitrogen and oxygen atoms in total. The zero-order chi connectivity index (χ0) is 12.5. The first kappa shape index (κ1) is 12.7. The molecule has 1 fully saturated rings. The number of aromatic nitrogens is 3. The third-order valence-corrected chi connectivity index (χ3v) is 3.39. The van der Waals surface area contributed by atoms with E-state index in [9.17, 15) is 13.2 Å². The van der Waals surface area contributed by atoms with E-state index in [-0.39, 0.29) is 12.3 Å². The fraction of sp³-hybridized carbons (Fsp3) is 0.778. The van der Waals surface area contributed by atoms with Crippen LogP contribution in [0.1, 0.15) is 31.1 Å². The van der Waals surface area contributed by atoms with Crippen LogP contribution in [0.15, 0.2) is 5.16 Å². The van der Waals surface area contributed by atoms with Crippen molar-refractivity contribution in [2.75, 3.05) is 5.75 Å². The highest BCUT2D eigenvalue weighted by Crippen LogP contribution is 2.39. The quantitative estimate of drug-likeness (QED) is 0.829. The molecule has 0 aromatic carbocycles. The molecule has 0 saturated heterocycles. The van der Waals surface area contributed by atoms with E-state index in [1.807, 2.05) is 4.57 Å². The summed E-state index contributed by atoms with van der Waals surface area (Å²) in [5.74, 6) is 0.626. The lowest BCUT2D eigenvalue weighted by Crippen LogP contribution is -2.10. The van der Waals surface area contributed by atoms with E-state index >= 15 is 0 Å². The summed E-state index contributed by atoms with van der Waals surface area (Å²) >= 11 is 1.09. The van der Waals surface area contributed by atoms with Crippen LogP contribution in [-0.2, 0) is 6.54 Å². The van der Waals surface area contributed by atoms with Crippen molar-refractivity contribution in [3.05, 3.63) is 5.82 Å². The Morgan fingerprint density at radius 3 is 2.59 bits per heavy atom. The maximum Gasteiger partial charge on any atom is 0.389 e. The SMILES string of the molecule is NCc1nnc(SCCC(F)(F)F)n1C1CC1. The summed E-state index contributed by atoms with van der Waals surface area (Å²) in [6.07, 6.45) is -2.88. The van der Waals surface area contributed by atoms with Crippen molar-refractivity contribution in [3.8, 4) is 0 Å². The molecule has 1 saturated carbocycles. The van der Waals surface area contributed by atoms with Gasteiger partial charge in [0.2, 0.25) is 0 Å². The summed E-state index contributed by atoms with van der Waals surface area (Å²) in [5.41, 5.74) is 5.51. The zero-order valence-electron chi connectivity index (χ0n) is 9.07. The second kappa shape index (κ2) is 4.85. The van der Waals surface area contributed by atoms with E-state index in [4.69, 9.17) is 5.73 Å². The van der Waals surface area contributed by atoms with Crippen molar-refractivity contribution < 1.29 is 13.2 Å². The normalized spacial score (nSPS) is 16.5. The van der Waals surface area contributed by atoms with E-state index in [0.29, 0.717) is 17.0 Å². The Labute approximate surface area is 101 Å². The van der Waals surface area contributed by atoms with Crippen LogP contribution in [0.25, 0.3) is 0 Å². The lowest BCUT2D eigenvalue weighted by atomic mass is 10.5. The Bertz CT molecular complexity index is 386. The minimum Gasteiger partial charge on any atom is -0.324 e. The van der Waals surface area contributed by atoms with Crippen LogP contribution in [0.5, 0.6) is 0 Å². The largest absolute Gasteiger partial charge is 0.389 e. The molecule has 0 unspecified atom stereocenters. The molecule has 96 valence electrons. The van der Waals surface area contributed by atoms with Crippen LogP contribution in [0.4, 0.5) is 13.2 Å². The molecule has 0 amide bonds. The van der Waals surface area contributed by atoms with Crippen molar-refractivity contribution in [1.29, 1.82) is 0 Å². The molecule has 2 N–H and O–H groups in total. The third kappa shape index (κ3) is 3.35. The molecule has 0 bridgehead atoms. The predicted molar refractivity (Wildman–Crippen MR) is 57.6 cm³/mol. The molecule has 0 atom stereocenters. The van der Waals surface area contributed by atoms with Gasteiger partial charge in [-0.2, -0.15) is 13.2 Å². The Morgan fingerprint density at radius 2 is 2.06 bits per heavy atom. The summed E-state index contributed by atoms with van der Waals surface area (Å²) < 4.78 is 38.0. The molecule has 0 spiro atoms. The van der Waals surface area contributed by atoms with Gasteiger partial charge in [-0.3, -0.25) is 0 Å². The van der Waals surface area contributed by atoms with Crippen LogP contribution in [-0.4, -0.2) is 26.7 Å². The zero-order valence-corrected chi connectivity index (χ0v) is 9.89. The van der Waals surface area contributed by atoms with Crippen LogP contribution in [0.2, 0.25) is 0 Å². The van der Waals surface area contributed by atoms with Gasteiger partial charge in [0.15, 0.2) is 5.16 Å². The second-order valence-electron chi connectivity index (χ2n) is 3.92. The minimum atomic E-state index is -4.12. The second-order valence-corrected chi connectivity index (χ2v) is 4.98. The molecule has 2 rings (SSSR count). The van der Waals surface area contributed by atoms with E-state index in [0.717, 1.165) is 24.6 Å². The first-order chi connectivity index (χ1) is 8.01. The fourth-order valence-electron chi connectivity index (χ4n) is 1.50. The lowest BCUT2D eigenvalue weighted by Gasteiger charge is -2.08. The highest BCUT2D eigenvalue weighted by atomic mass is 32.2. The molecule has 0 aliphatic heterocycles. The Hall–Kier alpha value is -0.760. The van der Waals surface area contributed by atoms with Crippen molar-refractivity contribution in [2.24, 2.45) is 5.73 Å². The number of hydrogen-bond acceptors (Lipinski definition) is 4. The van der Waals surface area contributed by atoms with E-state index < -0.39 is 12.6 Å². The molecule has 1 heterocycles. The number of thioether (sulfide) groups is 1. The van der Waals surface area contributed by atoms with Crippen LogP contribution < -0.4 is 5.73 Å². The van der Waals surface area contributed by atoms with Gasteiger partial charge in [0.1, 0.15) is 5.82 Å². The molecule has 1 aliphatic carbocycles. The summed E-state index contributed by atoms with van der Waals surface area (Å²) in [5, 5.41) is 8.35. The lowest BCUT2D eigenvalue weighted by molar-refractivity contribution is -0.129. The van der Waals surface area contributed by atoms with Gasteiger partial charge < -0.3 is 10.3 Å². The maximum atomic E-state index is 12.0. The van der Waals surface area contributed by atoms with Gasteiger partial charge in [-0.25, -0.2) is 0 Å². The van der Waals surface area contributed by atoms with Gasteiger partial charge in [-0.15, -0.1) is 10.2 Å². The highest BCUT2D eigenvalue weighted by Gasteiger charge is 2.30.